The van der Waals surface area contributed by atoms with Gasteiger partial charge in [-0.05, 0) is 30.2 Å². The van der Waals surface area contributed by atoms with E-state index in [0.717, 1.165) is 0 Å². The van der Waals surface area contributed by atoms with Gasteiger partial charge >= 0.3 is 0 Å². The van der Waals surface area contributed by atoms with Crippen molar-refractivity contribution in [1.82, 2.24) is 0 Å². The van der Waals surface area contributed by atoms with Crippen molar-refractivity contribution in [1.29, 1.82) is 0 Å². The first kappa shape index (κ1) is 12.0. The van der Waals surface area contributed by atoms with Crippen LogP contribution in [0.2, 0.25) is 0 Å². The number of benzene rings is 1. The molecule has 0 bridgehead atoms. The van der Waals surface area contributed by atoms with Crippen molar-refractivity contribution in [2.75, 3.05) is 13.7 Å². The van der Waals surface area contributed by atoms with Crippen molar-refractivity contribution < 1.29 is 22.8 Å². The van der Waals surface area contributed by atoms with E-state index < -0.39 is 10.1 Å². The summed E-state index contributed by atoms with van der Waals surface area (Å²) in [7, 11) is -2.80. The van der Waals surface area contributed by atoms with Crippen molar-refractivity contribution in [3.8, 4) is 5.75 Å². The fraction of sp³-hybridized carbons (Fsp3) is 0.333. The molecular formula is C9H12O5S. The van der Waals surface area contributed by atoms with Crippen LogP contribution in [0.25, 0.3) is 0 Å². The summed E-state index contributed by atoms with van der Waals surface area (Å²) in [5.41, 5.74) is 0.333. The Labute approximate surface area is 88.1 Å². The third kappa shape index (κ3) is 2.92. The fourth-order valence-electron chi connectivity index (χ4n) is 1.25. The van der Waals surface area contributed by atoms with Crippen LogP contribution in [-0.4, -0.2) is 31.8 Å². The minimum Gasteiger partial charge on any atom is -0.497 e. The predicted molar refractivity (Wildman–Crippen MR) is 53.6 cm³/mol. The first-order valence-corrected chi connectivity index (χ1v) is 5.68. The third-order valence-corrected chi connectivity index (χ3v) is 2.88. The molecule has 0 aliphatic heterocycles. The van der Waals surface area contributed by atoms with Crippen LogP contribution in [0.1, 0.15) is 5.56 Å². The Morgan fingerprint density at radius 1 is 1.40 bits per heavy atom. The fourth-order valence-corrected chi connectivity index (χ4v) is 1.98. The van der Waals surface area contributed by atoms with E-state index in [1.54, 1.807) is 0 Å². The summed E-state index contributed by atoms with van der Waals surface area (Å²) in [5.74, 6) is 0.478. The summed E-state index contributed by atoms with van der Waals surface area (Å²) in [6.45, 7) is -0.199. The first-order chi connectivity index (χ1) is 6.99. The number of ether oxygens (including phenoxy) is 1. The van der Waals surface area contributed by atoms with E-state index in [2.05, 4.69) is 0 Å². The predicted octanol–water partition coefficient (Wildman–Crippen LogP) is 0.477. The number of rotatable bonds is 4. The number of aliphatic hydroxyl groups is 1. The van der Waals surface area contributed by atoms with Crippen molar-refractivity contribution >= 4 is 10.1 Å². The highest BCUT2D eigenvalue weighted by molar-refractivity contribution is 7.85. The van der Waals surface area contributed by atoms with E-state index in [1.165, 1.54) is 25.3 Å². The van der Waals surface area contributed by atoms with Crippen molar-refractivity contribution in [2.24, 2.45) is 0 Å². The molecule has 0 saturated heterocycles. The van der Waals surface area contributed by atoms with Gasteiger partial charge in [-0.3, -0.25) is 4.55 Å². The molecule has 0 amide bonds. The van der Waals surface area contributed by atoms with Gasteiger partial charge in [-0.15, -0.1) is 0 Å². The highest BCUT2D eigenvalue weighted by Gasteiger charge is 2.15. The van der Waals surface area contributed by atoms with Crippen LogP contribution >= 0.6 is 0 Å². The van der Waals surface area contributed by atoms with Gasteiger partial charge in [0.05, 0.1) is 12.0 Å². The molecule has 6 heteroatoms. The van der Waals surface area contributed by atoms with Crippen LogP contribution in [-0.2, 0) is 16.5 Å². The Morgan fingerprint density at radius 3 is 2.53 bits per heavy atom. The SMILES string of the molecule is COc1ccc(S(=O)(=O)O)c(CCO)c1. The Kier molecular flexibility index (Phi) is 3.67. The van der Waals surface area contributed by atoms with Crippen LogP contribution in [0, 0.1) is 0 Å². The molecule has 5 nitrogen and oxygen atoms in total. The smallest absolute Gasteiger partial charge is 0.294 e. The van der Waals surface area contributed by atoms with Crippen molar-refractivity contribution in [2.45, 2.75) is 11.3 Å². The van der Waals surface area contributed by atoms with Crippen molar-refractivity contribution in [3.63, 3.8) is 0 Å². The Hall–Kier alpha value is -1.11. The minimum absolute atomic E-state index is 0.145. The molecule has 0 aliphatic rings. The van der Waals surface area contributed by atoms with Crippen LogP contribution < -0.4 is 4.74 Å². The summed E-state index contributed by atoms with van der Waals surface area (Å²) in [6.07, 6.45) is 0.145. The van der Waals surface area contributed by atoms with E-state index in [9.17, 15) is 8.42 Å². The molecule has 2 N–H and O–H groups in total. The standard InChI is InChI=1S/C9H12O5S/c1-14-8-2-3-9(15(11,12)13)7(6-8)4-5-10/h2-3,6,10H,4-5H2,1H3,(H,11,12,13). The molecule has 0 atom stereocenters. The second-order valence-electron chi connectivity index (χ2n) is 2.92. The van der Waals surface area contributed by atoms with Crippen LogP contribution in [0.3, 0.4) is 0 Å². The zero-order valence-electron chi connectivity index (χ0n) is 8.17. The lowest BCUT2D eigenvalue weighted by Crippen LogP contribution is -2.05. The van der Waals surface area contributed by atoms with Gasteiger partial charge in [-0.2, -0.15) is 8.42 Å². The molecule has 1 aromatic rings. The number of hydrogen-bond donors (Lipinski definition) is 2. The van der Waals surface area contributed by atoms with E-state index >= 15 is 0 Å². The monoisotopic (exact) mass is 232 g/mol. The summed E-state index contributed by atoms with van der Waals surface area (Å²) in [6, 6.07) is 4.16. The van der Waals surface area contributed by atoms with Gasteiger partial charge in [0.1, 0.15) is 5.75 Å². The average Bonchev–Trinajstić information content (AvgIpc) is 2.16. The van der Waals surface area contributed by atoms with E-state index in [-0.39, 0.29) is 17.9 Å². The van der Waals surface area contributed by atoms with Gasteiger partial charge < -0.3 is 9.84 Å². The minimum atomic E-state index is -4.25. The molecule has 0 fully saturated rings. The van der Waals surface area contributed by atoms with Crippen LogP contribution in [0.5, 0.6) is 5.75 Å². The molecule has 0 unspecified atom stereocenters. The van der Waals surface area contributed by atoms with Gasteiger partial charge in [-0.25, -0.2) is 0 Å². The molecule has 1 aromatic carbocycles. The molecular weight excluding hydrogens is 220 g/mol. The van der Waals surface area contributed by atoms with Crippen LogP contribution in [0.15, 0.2) is 23.1 Å². The van der Waals surface area contributed by atoms with E-state index in [0.29, 0.717) is 11.3 Å². The largest absolute Gasteiger partial charge is 0.497 e. The molecule has 0 heterocycles. The number of hydrogen-bond acceptors (Lipinski definition) is 4. The summed E-state index contributed by atoms with van der Waals surface area (Å²) >= 11 is 0. The second-order valence-corrected chi connectivity index (χ2v) is 4.31. The lowest BCUT2D eigenvalue weighted by atomic mass is 10.1. The topological polar surface area (TPSA) is 83.8 Å². The zero-order valence-corrected chi connectivity index (χ0v) is 8.99. The lowest BCUT2D eigenvalue weighted by molar-refractivity contribution is 0.298. The van der Waals surface area contributed by atoms with Gasteiger partial charge in [0.2, 0.25) is 0 Å². The highest BCUT2D eigenvalue weighted by atomic mass is 32.2. The van der Waals surface area contributed by atoms with Gasteiger partial charge in [-0.1, -0.05) is 0 Å². The van der Waals surface area contributed by atoms with Gasteiger partial charge in [0.15, 0.2) is 0 Å². The normalized spacial score (nSPS) is 11.4. The maximum absolute atomic E-state index is 11.0. The molecule has 0 saturated carbocycles. The van der Waals surface area contributed by atoms with Crippen molar-refractivity contribution in [3.05, 3.63) is 23.8 Å². The second kappa shape index (κ2) is 4.61. The first-order valence-electron chi connectivity index (χ1n) is 4.24. The quantitative estimate of drug-likeness (QED) is 0.737. The summed E-state index contributed by atoms with van der Waals surface area (Å²) < 4.78 is 35.7. The van der Waals surface area contributed by atoms with E-state index in [1.807, 2.05) is 0 Å². The highest BCUT2D eigenvalue weighted by Crippen LogP contribution is 2.21. The summed E-state index contributed by atoms with van der Waals surface area (Å²) in [5, 5.41) is 8.76. The molecule has 0 aliphatic carbocycles. The molecule has 1 rings (SSSR count). The number of aliphatic hydroxyl groups excluding tert-OH is 1. The Morgan fingerprint density at radius 2 is 2.07 bits per heavy atom. The lowest BCUT2D eigenvalue weighted by Gasteiger charge is -2.07. The third-order valence-electron chi connectivity index (χ3n) is 1.93. The summed E-state index contributed by atoms with van der Waals surface area (Å²) in [4.78, 5) is -0.197. The molecule has 15 heavy (non-hydrogen) atoms. The van der Waals surface area contributed by atoms with Gasteiger partial charge in [0.25, 0.3) is 10.1 Å². The molecule has 84 valence electrons. The zero-order chi connectivity index (χ0) is 11.5. The maximum atomic E-state index is 11.0. The van der Waals surface area contributed by atoms with Gasteiger partial charge in [0, 0.05) is 6.61 Å². The molecule has 0 aromatic heterocycles. The van der Waals surface area contributed by atoms with Crippen LogP contribution in [0.4, 0.5) is 0 Å². The number of methoxy groups -OCH3 is 1. The molecule has 0 radical (unpaired) electrons. The maximum Gasteiger partial charge on any atom is 0.294 e. The Bertz CT molecular complexity index is 438. The Balaban J connectivity index is 3.27. The molecule has 0 spiro atoms. The average molecular weight is 232 g/mol. The van der Waals surface area contributed by atoms with E-state index in [4.69, 9.17) is 14.4 Å².